The van der Waals surface area contributed by atoms with E-state index in [0.717, 1.165) is 0 Å². The zero-order valence-corrected chi connectivity index (χ0v) is 71.4. The Bertz CT molecular complexity index is 3600. The number of aliphatic imine (C=N–C) groups is 1. The van der Waals surface area contributed by atoms with Crippen LogP contribution in [0.1, 0.15) is 145 Å². The van der Waals surface area contributed by atoms with Gasteiger partial charge in [0.15, 0.2) is 5.96 Å². The molecule has 0 saturated heterocycles. The summed E-state index contributed by atoms with van der Waals surface area (Å²) in [5, 5.41) is 78.5. The number of aliphatic hydroxyl groups is 2. The monoisotopic (exact) mass is 1740 g/mol. The van der Waals surface area contributed by atoms with Crippen molar-refractivity contribution >= 4 is 138 Å². The summed E-state index contributed by atoms with van der Waals surface area (Å²) in [4.78, 5) is 246. The Hall–Kier alpha value is -10.5. The van der Waals surface area contributed by atoms with Gasteiger partial charge in [0.1, 0.15) is 72.5 Å². The predicted octanol–water partition coefficient (Wildman–Crippen LogP) is -7.34. The molecule has 0 spiro atoms. The number of carbonyl (C=O) groups is 18. The van der Waals surface area contributed by atoms with Crippen molar-refractivity contribution in [2.45, 2.75) is 225 Å². The Labute approximate surface area is 708 Å². The summed E-state index contributed by atoms with van der Waals surface area (Å²) in [6, 6.07) is -10.4. The van der Waals surface area contributed by atoms with Gasteiger partial charge < -0.3 is 128 Å². The van der Waals surface area contributed by atoms with Crippen molar-refractivity contribution in [3.63, 3.8) is 0 Å². The molecule has 1 rings (SSSR count). The maximum Gasteiger partial charge on any atom is 0.327 e. The zero-order chi connectivity index (χ0) is 91.1. The van der Waals surface area contributed by atoms with E-state index in [4.69, 9.17) is 22.9 Å². The summed E-state index contributed by atoms with van der Waals surface area (Å²) in [5.41, 5.74) is 23.4. The Morgan fingerprint density at radius 3 is 1.15 bits per heavy atom. The molecule has 0 heterocycles. The molecule has 0 aliphatic heterocycles. The second-order valence-electron chi connectivity index (χ2n) is 30.4. The summed E-state index contributed by atoms with van der Waals surface area (Å²) < 4.78 is 0. The number of hydrogen-bond acceptors (Lipinski definition) is 25. The van der Waals surface area contributed by atoms with Crippen LogP contribution in [0.5, 0.6) is 0 Å². The number of unbranched alkanes of at least 4 members (excludes halogenated alkanes) is 1. The number of nitrogens with zero attached hydrogens (tertiary/aromatic N) is 1. The largest absolute Gasteiger partial charge is 0.481 e. The predicted molar refractivity (Wildman–Crippen MR) is 445 cm³/mol. The van der Waals surface area contributed by atoms with Gasteiger partial charge in [-0.3, -0.25) is 86.5 Å². The molecule has 14 atom stereocenters. The Morgan fingerprint density at radius 2 is 0.742 bits per heavy atom. The van der Waals surface area contributed by atoms with Crippen LogP contribution in [0.15, 0.2) is 35.3 Å². The lowest BCUT2D eigenvalue weighted by atomic mass is 9.97. The second kappa shape index (κ2) is 57.6. The molecule has 120 heavy (non-hydrogen) atoms. The van der Waals surface area contributed by atoms with Gasteiger partial charge in [0.05, 0.1) is 51.9 Å². The Balaban J connectivity index is 3.41. The fourth-order valence-electron chi connectivity index (χ4n) is 11.4. The third kappa shape index (κ3) is 43.5. The van der Waals surface area contributed by atoms with Crippen LogP contribution in [-0.2, 0) is 92.7 Å². The minimum absolute atomic E-state index is 0.0233. The molecule has 45 heteroatoms. The van der Waals surface area contributed by atoms with Gasteiger partial charge in [-0.1, -0.05) is 106 Å². The summed E-state index contributed by atoms with van der Waals surface area (Å²) in [5.74, 6) is -20.7. The Morgan fingerprint density at radius 1 is 0.400 bits per heavy atom. The summed E-state index contributed by atoms with van der Waals surface area (Å²) in [6.45, 7) is 11.8. The van der Waals surface area contributed by atoms with Crippen LogP contribution >= 0.6 is 25.3 Å². The summed E-state index contributed by atoms with van der Waals surface area (Å²) in [7, 11) is 0. The van der Waals surface area contributed by atoms with E-state index in [0.29, 0.717) is 12.0 Å². The third-order valence-corrected chi connectivity index (χ3v) is 18.7. The van der Waals surface area contributed by atoms with E-state index in [-0.39, 0.29) is 118 Å². The number of carbonyl (C=O) groups excluding carboxylic acids is 16. The molecule has 1 aromatic rings. The molecule has 28 N–H and O–H groups in total. The molecule has 676 valence electrons. The zero-order valence-electron chi connectivity index (χ0n) is 69.6. The molecule has 1 aromatic carbocycles. The average Bonchev–Trinajstić information content (AvgIpc) is 0.854. The van der Waals surface area contributed by atoms with Crippen LogP contribution in [0.4, 0.5) is 0 Å². The summed E-state index contributed by atoms with van der Waals surface area (Å²) >= 11 is 7.93. The molecule has 16 amide bonds. The lowest BCUT2D eigenvalue weighted by molar-refractivity contribution is -0.142. The molecule has 0 fully saturated rings. The first-order chi connectivity index (χ1) is 56.4. The van der Waals surface area contributed by atoms with Gasteiger partial charge in [0, 0.05) is 24.5 Å². The summed E-state index contributed by atoms with van der Waals surface area (Å²) in [6.07, 6.45) is -0.748. The van der Waals surface area contributed by atoms with E-state index < -0.39 is 237 Å². The molecule has 0 radical (unpaired) electrons. The SMILES string of the molecule is CC[C@H](C)[C@H](NC(=O)[C@H](CCCN=C(N)N)NC(=O)[C@H](CC(=O)O)NC(=O)[C@H](CC(C)C)NC(=O)[C@H](CCCCN)NC(=O)[C@H](CC(C)C)NC(=O)CNC(=O)[C@H](Cc1ccccc1)NC(=O)[C@@H](N)CS)C(=O)NCC(=O)N[C@@H](CO)C(=O)N[C@@H](CC(C)C)C(=O)N[C@@H](CO)C(=O)NCC(=O)N[C@@H](CC(C)C)C(=O)NCC(=O)N[C@@H](CS)C(=O)O. The van der Waals surface area contributed by atoms with Crippen molar-refractivity contribution in [2.75, 3.05) is 64.0 Å². The fraction of sp³-hybridized carbons (Fsp3) is 0.667. The number of rotatable bonds is 59. The van der Waals surface area contributed by atoms with Gasteiger partial charge in [0.25, 0.3) is 0 Å². The molecule has 0 bridgehead atoms. The molecule has 0 unspecified atom stereocenters. The van der Waals surface area contributed by atoms with Crippen molar-refractivity contribution in [1.29, 1.82) is 0 Å². The maximum atomic E-state index is 14.4. The van der Waals surface area contributed by atoms with E-state index in [1.165, 1.54) is 0 Å². The highest BCUT2D eigenvalue weighted by atomic mass is 32.1. The van der Waals surface area contributed by atoms with Gasteiger partial charge in [-0.15, -0.1) is 0 Å². The highest BCUT2D eigenvalue weighted by Crippen LogP contribution is 2.15. The number of guanidine groups is 1. The van der Waals surface area contributed by atoms with Crippen LogP contribution in [-0.4, -0.2) is 275 Å². The molecule has 0 saturated carbocycles. The molecule has 0 aliphatic carbocycles. The highest BCUT2D eigenvalue weighted by molar-refractivity contribution is 7.80. The van der Waals surface area contributed by atoms with Crippen molar-refractivity contribution in [3.8, 4) is 0 Å². The maximum absolute atomic E-state index is 14.4. The number of amides is 16. The van der Waals surface area contributed by atoms with Crippen molar-refractivity contribution in [3.05, 3.63) is 35.9 Å². The van der Waals surface area contributed by atoms with Crippen molar-refractivity contribution in [1.82, 2.24) is 85.1 Å². The smallest absolute Gasteiger partial charge is 0.327 e. The minimum atomic E-state index is -1.97. The molecule has 0 aliphatic rings. The molecule has 0 aromatic heterocycles. The number of hydrogen-bond donors (Lipinski definition) is 26. The van der Waals surface area contributed by atoms with Crippen LogP contribution < -0.4 is 108 Å². The van der Waals surface area contributed by atoms with Crippen LogP contribution in [0.25, 0.3) is 0 Å². The lowest BCUT2D eigenvalue weighted by Gasteiger charge is -2.29. The molecular weight excluding hydrogens is 1610 g/mol. The van der Waals surface area contributed by atoms with E-state index in [1.54, 1.807) is 99.6 Å². The third-order valence-electron chi connectivity index (χ3n) is 18.0. The van der Waals surface area contributed by atoms with E-state index in [9.17, 15) is 107 Å². The van der Waals surface area contributed by atoms with Crippen LogP contribution in [0, 0.1) is 29.6 Å². The highest BCUT2D eigenvalue weighted by Gasteiger charge is 2.38. The van der Waals surface area contributed by atoms with Crippen molar-refractivity contribution < 1.29 is 107 Å². The number of carboxylic acid groups (broad SMARTS) is 2. The van der Waals surface area contributed by atoms with Crippen LogP contribution in [0.3, 0.4) is 0 Å². The number of aliphatic hydroxyl groups excluding tert-OH is 2. The minimum Gasteiger partial charge on any atom is -0.481 e. The lowest BCUT2D eigenvalue weighted by Crippen LogP contribution is -2.61. The standard InChI is InChI=1S/C75H127N21O22S2/c1-11-42(10)61(73(116)84-33-58(101)87-54(35-98)72(115)93-50(27-41(8)9)70(113)95-53(34-97)65(108)83-31-56(99)85-47(24-38(2)3)63(106)81-32-59(102)88-55(37-120)74(117)118)96-67(110)46(21-17-23-80-75(78)79)90-71(114)52(29-60(103)104)94-69(112)49(26-40(6)7)92-66(109)45(20-15-16-22-76)89-68(111)48(25-39(4)5)86-57(100)30-82-64(107)51(91-62(105)44(77)36-119)28-43-18-13-12-14-19-43/h12-14,18-19,38-42,44-55,61,97-98,119-120H,11,15-17,20-37,76-77H2,1-10H3,(H,81,106)(H,82,107)(H,83,108)(H,84,116)(H,85,99)(H,86,100)(H,87,101)(H,88,102)(H,89,111)(H,90,114)(H,91,105)(H,92,109)(H,93,115)(H,94,112)(H,95,113)(H,96,110)(H,103,104)(H,117,118)(H4,78,79,80)/t42-,44-,45-,46-,47-,48-,49-,50-,51-,52-,53-,54-,55-,61-/m0/s1. The van der Waals surface area contributed by atoms with Gasteiger partial charge in [-0.05, 0) is 99.5 Å². The first-order valence-corrected chi connectivity index (χ1v) is 40.8. The van der Waals surface area contributed by atoms with E-state index in [1.807, 2.05) is 0 Å². The number of nitrogens with two attached hydrogens (primary N) is 4. The first kappa shape index (κ1) is 107. The van der Waals surface area contributed by atoms with Gasteiger partial charge in [-0.2, -0.15) is 25.3 Å². The van der Waals surface area contributed by atoms with Gasteiger partial charge >= 0.3 is 11.9 Å². The Kier molecular flexibility index (Phi) is 51.6. The number of benzene rings is 1. The average molecular weight is 1740 g/mol. The molecular formula is C75H127N21O22S2. The quantitative estimate of drug-likeness (QED) is 0.0125. The number of nitrogens with one attached hydrogen (secondary N) is 16. The number of carboxylic acids is 2. The van der Waals surface area contributed by atoms with Crippen LogP contribution in [0.2, 0.25) is 0 Å². The topological polar surface area (TPSA) is 697 Å². The second-order valence-corrected chi connectivity index (χ2v) is 31.1. The molecule has 43 nitrogen and oxygen atoms in total. The van der Waals surface area contributed by atoms with Gasteiger partial charge in [0.2, 0.25) is 94.5 Å². The first-order valence-electron chi connectivity index (χ1n) is 39.6. The van der Waals surface area contributed by atoms with Gasteiger partial charge in [-0.25, -0.2) is 4.79 Å². The van der Waals surface area contributed by atoms with E-state index >= 15 is 0 Å². The number of aliphatic carboxylic acids is 2. The normalized spacial score (nSPS) is 14.6. The van der Waals surface area contributed by atoms with E-state index in [2.05, 4.69) is 115 Å². The van der Waals surface area contributed by atoms with Crippen molar-refractivity contribution in [2.24, 2.45) is 57.5 Å². The fourth-order valence-corrected chi connectivity index (χ4v) is 11.9. The number of thiol groups is 2.